The first kappa shape index (κ1) is 17.6. The Kier molecular flexibility index (Phi) is 4.44. The number of imide groups is 1. The lowest BCUT2D eigenvalue weighted by Crippen LogP contribution is -2.44. The SMILES string of the molecule is O=C1CC(=O)N(C(=O)Cn2c(=O)c(Cc3ccccc3)nc3ccccc32)N1. The molecule has 4 rings (SSSR count). The fraction of sp³-hybridized carbons (Fsp3) is 0.150. The quantitative estimate of drug-likeness (QED) is 0.678. The van der Waals surface area contributed by atoms with Gasteiger partial charge in [-0.15, -0.1) is 0 Å². The van der Waals surface area contributed by atoms with Gasteiger partial charge in [-0.05, 0) is 17.7 Å². The van der Waals surface area contributed by atoms with Gasteiger partial charge in [0.2, 0.25) is 5.91 Å². The normalized spacial score (nSPS) is 13.8. The second kappa shape index (κ2) is 7.07. The zero-order valence-corrected chi connectivity index (χ0v) is 14.8. The second-order valence-electron chi connectivity index (χ2n) is 6.44. The predicted molar refractivity (Wildman–Crippen MR) is 99.9 cm³/mol. The number of nitrogens with zero attached hydrogens (tertiary/aromatic N) is 3. The lowest BCUT2D eigenvalue weighted by Gasteiger charge is -2.16. The second-order valence-corrected chi connectivity index (χ2v) is 6.44. The lowest BCUT2D eigenvalue weighted by molar-refractivity contribution is -0.146. The highest BCUT2D eigenvalue weighted by Crippen LogP contribution is 2.13. The van der Waals surface area contributed by atoms with Crippen molar-refractivity contribution in [1.82, 2.24) is 20.0 Å². The van der Waals surface area contributed by atoms with E-state index in [1.807, 2.05) is 30.3 Å². The number of benzene rings is 2. The standard InChI is InChI=1S/C20H16N4O4/c25-17-11-18(26)24(22-17)19(27)12-23-16-9-5-4-8-14(16)21-15(20(23)28)10-13-6-2-1-3-7-13/h1-9H,10-12H2,(H,22,25). The van der Waals surface area contributed by atoms with Gasteiger partial charge in [0.1, 0.15) is 18.7 Å². The molecule has 0 unspecified atom stereocenters. The summed E-state index contributed by atoms with van der Waals surface area (Å²) < 4.78 is 1.29. The first-order valence-electron chi connectivity index (χ1n) is 8.70. The monoisotopic (exact) mass is 376 g/mol. The maximum Gasteiger partial charge on any atom is 0.273 e. The van der Waals surface area contributed by atoms with E-state index in [4.69, 9.17) is 0 Å². The summed E-state index contributed by atoms with van der Waals surface area (Å²) in [6.45, 7) is -0.379. The molecule has 2 aromatic carbocycles. The van der Waals surface area contributed by atoms with Crippen LogP contribution < -0.4 is 11.0 Å². The minimum atomic E-state index is -0.681. The van der Waals surface area contributed by atoms with E-state index in [9.17, 15) is 19.2 Å². The third-order valence-electron chi connectivity index (χ3n) is 4.47. The average molecular weight is 376 g/mol. The Balaban J connectivity index is 1.75. The largest absolute Gasteiger partial charge is 0.296 e. The molecule has 8 heteroatoms. The van der Waals surface area contributed by atoms with Gasteiger partial charge in [-0.3, -0.25) is 29.2 Å². The summed E-state index contributed by atoms with van der Waals surface area (Å²) in [7, 11) is 0. The van der Waals surface area contributed by atoms with Crippen LogP contribution in [0.15, 0.2) is 59.4 Å². The number of amides is 3. The third kappa shape index (κ3) is 3.27. The maximum atomic E-state index is 13.0. The summed E-state index contributed by atoms with van der Waals surface area (Å²) in [5.41, 5.74) is 4.07. The van der Waals surface area contributed by atoms with Crippen molar-refractivity contribution in [2.24, 2.45) is 0 Å². The van der Waals surface area contributed by atoms with Crippen LogP contribution in [-0.4, -0.2) is 32.3 Å². The number of aromatic nitrogens is 2. The number of rotatable bonds is 4. The molecule has 3 amide bonds. The molecule has 140 valence electrons. The number of para-hydroxylation sites is 2. The van der Waals surface area contributed by atoms with Crippen LogP contribution in [-0.2, 0) is 27.3 Å². The third-order valence-corrected chi connectivity index (χ3v) is 4.47. The fourth-order valence-corrected chi connectivity index (χ4v) is 3.16. The maximum absolute atomic E-state index is 13.0. The summed E-state index contributed by atoms with van der Waals surface area (Å²) in [6, 6.07) is 16.4. The molecule has 2 heterocycles. The molecular weight excluding hydrogens is 360 g/mol. The zero-order valence-electron chi connectivity index (χ0n) is 14.8. The van der Waals surface area contributed by atoms with Crippen molar-refractivity contribution in [2.75, 3.05) is 0 Å². The Hall–Kier alpha value is -3.81. The van der Waals surface area contributed by atoms with Gasteiger partial charge < -0.3 is 0 Å². The Morgan fingerprint density at radius 3 is 2.43 bits per heavy atom. The molecule has 1 fully saturated rings. The molecule has 0 radical (unpaired) electrons. The van der Waals surface area contributed by atoms with Crippen molar-refractivity contribution in [3.05, 3.63) is 76.2 Å². The summed E-state index contributed by atoms with van der Waals surface area (Å²) in [5.74, 6) is -1.86. The number of carbonyl (C=O) groups is 3. The Morgan fingerprint density at radius 1 is 1.00 bits per heavy atom. The molecule has 0 saturated carbocycles. The van der Waals surface area contributed by atoms with Gasteiger partial charge in [-0.2, -0.15) is 5.01 Å². The highest BCUT2D eigenvalue weighted by molar-refractivity contribution is 6.09. The minimum Gasteiger partial charge on any atom is -0.296 e. The van der Waals surface area contributed by atoms with Gasteiger partial charge in [-0.1, -0.05) is 42.5 Å². The summed E-state index contributed by atoms with van der Waals surface area (Å²) in [6.07, 6.45) is -0.0604. The van der Waals surface area contributed by atoms with E-state index in [-0.39, 0.29) is 13.0 Å². The molecule has 1 aliphatic heterocycles. The number of carbonyl (C=O) groups excluding carboxylic acids is 3. The summed E-state index contributed by atoms with van der Waals surface area (Å²) in [5, 5.41) is 0.668. The highest BCUT2D eigenvalue weighted by Gasteiger charge is 2.32. The van der Waals surface area contributed by atoms with Crippen molar-refractivity contribution in [1.29, 1.82) is 0 Å². The Bertz CT molecular complexity index is 1150. The topological polar surface area (TPSA) is 101 Å². The van der Waals surface area contributed by atoms with Crippen LogP contribution in [0.5, 0.6) is 0 Å². The van der Waals surface area contributed by atoms with Crippen molar-refractivity contribution >= 4 is 28.8 Å². The van der Waals surface area contributed by atoms with E-state index in [0.717, 1.165) is 5.56 Å². The van der Waals surface area contributed by atoms with Gasteiger partial charge in [0.15, 0.2) is 0 Å². The number of fused-ring (bicyclic) bond motifs is 1. The van der Waals surface area contributed by atoms with E-state index < -0.39 is 23.3 Å². The van der Waals surface area contributed by atoms with Crippen molar-refractivity contribution in [2.45, 2.75) is 19.4 Å². The van der Waals surface area contributed by atoms with Crippen LogP contribution in [0.1, 0.15) is 17.7 Å². The number of hydrogen-bond donors (Lipinski definition) is 1. The molecule has 1 saturated heterocycles. The van der Waals surface area contributed by atoms with E-state index in [2.05, 4.69) is 10.4 Å². The van der Waals surface area contributed by atoms with E-state index >= 15 is 0 Å². The van der Waals surface area contributed by atoms with Crippen molar-refractivity contribution in [3.63, 3.8) is 0 Å². The zero-order chi connectivity index (χ0) is 19.7. The average Bonchev–Trinajstić information content (AvgIpc) is 3.04. The number of hydrazine groups is 1. The molecule has 1 N–H and O–H groups in total. The minimum absolute atomic E-state index is 0.300. The first-order valence-corrected chi connectivity index (χ1v) is 8.70. The van der Waals surface area contributed by atoms with Crippen LogP contribution >= 0.6 is 0 Å². The van der Waals surface area contributed by atoms with Crippen LogP contribution in [0.3, 0.4) is 0 Å². The van der Waals surface area contributed by atoms with Gasteiger partial charge in [0.05, 0.1) is 11.0 Å². The smallest absolute Gasteiger partial charge is 0.273 e. The predicted octanol–water partition coefficient (Wildman–Crippen LogP) is 0.777. The molecule has 0 bridgehead atoms. The number of hydrogen-bond acceptors (Lipinski definition) is 5. The lowest BCUT2D eigenvalue weighted by atomic mass is 10.1. The van der Waals surface area contributed by atoms with Crippen LogP contribution in [0.2, 0.25) is 0 Å². The molecule has 0 atom stereocenters. The molecular formula is C20H16N4O4. The van der Waals surface area contributed by atoms with Gasteiger partial charge in [0, 0.05) is 6.42 Å². The first-order chi connectivity index (χ1) is 13.5. The summed E-state index contributed by atoms with van der Waals surface area (Å²) >= 11 is 0. The molecule has 3 aromatic rings. The fourth-order valence-electron chi connectivity index (χ4n) is 3.16. The van der Waals surface area contributed by atoms with Crippen molar-refractivity contribution in [3.8, 4) is 0 Å². The molecule has 0 spiro atoms. The molecule has 0 aliphatic carbocycles. The van der Waals surface area contributed by atoms with Crippen LogP contribution in [0, 0.1) is 0 Å². The molecule has 28 heavy (non-hydrogen) atoms. The van der Waals surface area contributed by atoms with Gasteiger partial charge >= 0.3 is 0 Å². The molecule has 1 aliphatic rings. The van der Waals surface area contributed by atoms with Gasteiger partial charge in [-0.25, -0.2) is 4.98 Å². The Morgan fingerprint density at radius 2 is 1.71 bits per heavy atom. The molecule has 8 nitrogen and oxygen atoms in total. The Labute approximate surface area is 159 Å². The van der Waals surface area contributed by atoms with Crippen LogP contribution in [0.4, 0.5) is 0 Å². The molecule has 1 aromatic heterocycles. The van der Waals surface area contributed by atoms with Crippen LogP contribution in [0.25, 0.3) is 11.0 Å². The van der Waals surface area contributed by atoms with E-state index in [1.54, 1.807) is 24.3 Å². The van der Waals surface area contributed by atoms with E-state index in [0.29, 0.717) is 28.2 Å². The number of nitrogens with one attached hydrogen (secondary N) is 1. The van der Waals surface area contributed by atoms with Crippen molar-refractivity contribution < 1.29 is 14.4 Å². The highest BCUT2D eigenvalue weighted by atomic mass is 16.2. The van der Waals surface area contributed by atoms with E-state index in [1.165, 1.54) is 4.57 Å². The van der Waals surface area contributed by atoms with Gasteiger partial charge in [0.25, 0.3) is 17.4 Å². The summed E-state index contributed by atoms with van der Waals surface area (Å²) in [4.78, 5) is 53.2.